The maximum atomic E-state index is 9.70. The molecule has 0 spiro atoms. The van der Waals surface area contributed by atoms with Crippen LogP contribution in [-0.2, 0) is 4.79 Å². The van der Waals surface area contributed by atoms with Gasteiger partial charge >= 0.3 is 5.97 Å². The number of anilines is 2. The van der Waals surface area contributed by atoms with Crippen molar-refractivity contribution in [2.45, 2.75) is 13.8 Å². The van der Waals surface area contributed by atoms with Gasteiger partial charge in [0.05, 0.1) is 5.92 Å². The van der Waals surface area contributed by atoms with Crippen LogP contribution in [0.2, 0.25) is 0 Å². The minimum Gasteiger partial charge on any atom is -0.481 e. The molecule has 70 valence electrons. The molecule has 1 aromatic carbocycles. The lowest BCUT2D eigenvalue weighted by molar-refractivity contribution is -0.140. The van der Waals surface area contributed by atoms with E-state index in [4.69, 9.17) is 5.11 Å². The van der Waals surface area contributed by atoms with Crippen molar-refractivity contribution in [3.8, 4) is 0 Å². The Kier molecular flexibility index (Phi) is 2.90. The Hall–Kier alpha value is -1.51. The van der Waals surface area contributed by atoms with Crippen molar-refractivity contribution in [1.29, 1.82) is 0 Å². The van der Waals surface area contributed by atoms with E-state index in [1.54, 1.807) is 13.8 Å². The van der Waals surface area contributed by atoms with E-state index in [2.05, 4.69) is 11.4 Å². The molecule has 2 N–H and O–H groups in total. The van der Waals surface area contributed by atoms with Crippen molar-refractivity contribution in [3.05, 3.63) is 24.3 Å². The zero-order valence-electron chi connectivity index (χ0n) is 7.74. The van der Waals surface area contributed by atoms with Crippen LogP contribution in [0, 0.1) is 5.92 Å². The topological polar surface area (TPSA) is 49.3 Å². The summed E-state index contributed by atoms with van der Waals surface area (Å²) in [7, 11) is 0. The molecule has 0 aliphatic carbocycles. The normalized spacial score (nSPS) is 10.7. The van der Waals surface area contributed by atoms with E-state index in [1.807, 2.05) is 18.2 Å². The van der Waals surface area contributed by atoms with Gasteiger partial charge in [-0.15, -0.1) is 0 Å². The molecule has 2 heterocycles. The monoisotopic (exact) mass is 179 g/mol. The van der Waals surface area contributed by atoms with Crippen molar-refractivity contribution in [3.63, 3.8) is 0 Å². The predicted octanol–water partition coefficient (Wildman–Crippen LogP) is 2.47. The quantitative estimate of drug-likeness (QED) is 0.707. The molecule has 0 aromatic heterocycles. The van der Waals surface area contributed by atoms with E-state index < -0.39 is 5.97 Å². The zero-order chi connectivity index (χ0) is 9.84. The van der Waals surface area contributed by atoms with Crippen LogP contribution in [0.1, 0.15) is 13.8 Å². The summed E-state index contributed by atoms with van der Waals surface area (Å²) in [4.78, 5) is 9.70. The van der Waals surface area contributed by atoms with Gasteiger partial charge in [0.1, 0.15) is 0 Å². The number of carboxylic acid groups (broad SMARTS) is 1. The Balaban J connectivity index is 0.000000133. The molecule has 0 amide bonds. The van der Waals surface area contributed by atoms with Crippen LogP contribution in [0.15, 0.2) is 24.3 Å². The number of rotatable bonds is 1. The first-order chi connectivity index (χ1) is 6.09. The maximum Gasteiger partial charge on any atom is 0.305 e. The van der Waals surface area contributed by atoms with Gasteiger partial charge in [-0.2, -0.15) is 0 Å². The van der Waals surface area contributed by atoms with Crippen LogP contribution >= 0.6 is 0 Å². The molecule has 2 aliphatic rings. The number of nitrogens with one attached hydrogen (secondary N) is 1. The van der Waals surface area contributed by atoms with Gasteiger partial charge in [-0.05, 0) is 18.2 Å². The van der Waals surface area contributed by atoms with E-state index in [-0.39, 0.29) is 5.92 Å². The average molecular weight is 179 g/mol. The van der Waals surface area contributed by atoms with E-state index in [0.29, 0.717) is 0 Å². The van der Waals surface area contributed by atoms with Gasteiger partial charge in [-0.25, -0.2) is 0 Å². The number of fused-ring (bicyclic) bond motifs is 2. The fourth-order valence-electron chi connectivity index (χ4n) is 0.764. The molecule has 2 aliphatic heterocycles. The molecule has 0 fully saturated rings. The predicted molar refractivity (Wildman–Crippen MR) is 52.2 cm³/mol. The number of carboxylic acids is 1. The maximum absolute atomic E-state index is 9.70. The SMILES string of the molecule is CC(C)C(=O)O.c1cc2cc(c1)N2. The van der Waals surface area contributed by atoms with Gasteiger partial charge in [0, 0.05) is 11.4 Å². The number of hydrogen-bond acceptors (Lipinski definition) is 2. The van der Waals surface area contributed by atoms with Gasteiger partial charge in [0.25, 0.3) is 0 Å². The molecule has 0 unspecified atom stereocenters. The molecule has 2 bridgehead atoms. The minimum atomic E-state index is -0.741. The van der Waals surface area contributed by atoms with Gasteiger partial charge in [0.15, 0.2) is 0 Å². The largest absolute Gasteiger partial charge is 0.481 e. The molecule has 0 saturated carbocycles. The summed E-state index contributed by atoms with van der Waals surface area (Å²) in [5, 5.41) is 11.1. The first-order valence-electron chi connectivity index (χ1n) is 4.19. The summed E-state index contributed by atoms with van der Waals surface area (Å²) in [5.41, 5.74) is 2.47. The number of aliphatic carboxylic acids is 1. The Morgan fingerprint density at radius 2 is 1.77 bits per heavy atom. The summed E-state index contributed by atoms with van der Waals surface area (Å²) in [6.45, 7) is 3.28. The summed E-state index contributed by atoms with van der Waals surface area (Å²) in [5.74, 6) is -0.972. The molecular weight excluding hydrogens is 166 g/mol. The van der Waals surface area contributed by atoms with Crippen LogP contribution in [0.3, 0.4) is 0 Å². The lowest BCUT2D eigenvalue weighted by Gasteiger charge is -2.15. The Labute approximate surface area is 77.4 Å². The molecular formula is C10H13NO2. The smallest absolute Gasteiger partial charge is 0.305 e. The molecule has 3 rings (SSSR count). The second-order valence-corrected chi connectivity index (χ2v) is 3.20. The number of carbonyl (C=O) groups is 1. The van der Waals surface area contributed by atoms with Gasteiger partial charge < -0.3 is 10.4 Å². The fourth-order valence-corrected chi connectivity index (χ4v) is 0.764. The first kappa shape index (κ1) is 9.58. The Morgan fingerprint density at radius 3 is 1.85 bits per heavy atom. The third-order valence-corrected chi connectivity index (χ3v) is 1.65. The third kappa shape index (κ3) is 2.78. The van der Waals surface area contributed by atoms with Crippen LogP contribution in [0.5, 0.6) is 0 Å². The third-order valence-electron chi connectivity index (χ3n) is 1.65. The molecule has 0 saturated heterocycles. The molecule has 3 heteroatoms. The lowest BCUT2D eigenvalue weighted by atomic mass is 10.2. The molecule has 13 heavy (non-hydrogen) atoms. The standard InChI is InChI=1S/C6H5N.C4H8O2/c1-2-5-4-6(3-1)7-5;1-3(2)4(5)6/h1-4,7H;3H,1-2H3,(H,5,6). The van der Waals surface area contributed by atoms with Crippen LogP contribution < -0.4 is 5.32 Å². The second kappa shape index (κ2) is 3.94. The van der Waals surface area contributed by atoms with Crippen LogP contribution in [0.4, 0.5) is 11.4 Å². The Morgan fingerprint density at radius 1 is 1.38 bits per heavy atom. The van der Waals surface area contributed by atoms with Gasteiger partial charge in [-0.3, -0.25) is 4.79 Å². The summed E-state index contributed by atoms with van der Waals surface area (Å²) in [6, 6.07) is 8.25. The van der Waals surface area contributed by atoms with Crippen molar-refractivity contribution < 1.29 is 9.90 Å². The van der Waals surface area contributed by atoms with Crippen LogP contribution in [-0.4, -0.2) is 11.1 Å². The summed E-state index contributed by atoms with van der Waals surface area (Å²) < 4.78 is 0. The highest BCUT2D eigenvalue weighted by atomic mass is 16.4. The Bertz CT molecular complexity index is 283. The average Bonchev–Trinajstić information content (AvgIpc) is 2.05. The highest BCUT2D eigenvalue weighted by Gasteiger charge is 2.02. The highest BCUT2D eigenvalue weighted by molar-refractivity contribution is 5.73. The van der Waals surface area contributed by atoms with E-state index in [1.165, 1.54) is 11.4 Å². The highest BCUT2D eigenvalue weighted by Crippen LogP contribution is 2.27. The first-order valence-corrected chi connectivity index (χ1v) is 4.19. The summed E-state index contributed by atoms with van der Waals surface area (Å²) in [6.07, 6.45) is 0. The van der Waals surface area contributed by atoms with Gasteiger partial charge in [0.2, 0.25) is 0 Å². The second-order valence-electron chi connectivity index (χ2n) is 3.20. The van der Waals surface area contributed by atoms with Crippen molar-refractivity contribution >= 4 is 17.3 Å². The van der Waals surface area contributed by atoms with E-state index in [0.717, 1.165) is 0 Å². The van der Waals surface area contributed by atoms with Crippen molar-refractivity contribution in [1.82, 2.24) is 0 Å². The van der Waals surface area contributed by atoms with Gasteiger partial charge in [-0.1, -0.05) is 19.9 Å². The molecule has 0 radical (unpaired) electrons. The molecule has 3 nitrogen and oxygen atoms in total. The van der Waals surface area contributed by atoms with Crippen LogP contribution in [0.25, 0.3) is 0 Å². The van der Waals surface area contributed by atoms with E-state index >= 15 is 0 Å². The fraction of sp³-hybridized carbons (Fsp3) is 0.300. The lowest BCUT2D eigenvalue weighted by Crippen LogP contribution is -2.03. The number of hydrogen-bond donors (Lipinski definition) is 2. The zero-order valence-corrected chi connectivity index (χ0v) is 7.74. The minimum absolute atomic E-state index is 0.231. The number of benzene rings is 1. The summed E-state index contributed by atoms with van der Waals surface area (Å²) >= 11 is 0. The molecule has 1 aromatic rings. The van der Waals surface area contributed by atoms with E-state index in [9.17, 15) is 4.79 Å². The van der Waals surface area contributed by atoms with Crippen molar-refractivity contribution in [2.75, 3.05) is 5.32 Å². The van der Waals surface area contributed by atoms with Crippen molar-refractivity contribution in [2.24, 2.45) is 5.92 Å². The molecule has 0 atom stereocenters.